The summed E-state index contributed by atoms with van der Waals surface area (Å²) in [6.45, 7) is 5.80. The SMILES string of the molecule is COc1c(C)cc(NC(=O)NN)c(C)c1C. The second kappa shape index (κ2) is 4.85. The molecule has 5 heteroatoms. The molecule has 0 aliphatic heterocycles. The van der Waals surface area contributed by atoms with Crippen molar-refractivity contribution < 1.29 is 9.53 Å². The summed E-state index contributed by atoms with van der Waals surface area (Å²) in [4.78, 5) is 11.1. The fraction of sp³-hybridized carbons (Fsp3) is 0.364. The zero-order chi connectivity index (χ0) is 12.3. The number of methoxy groups -OCH3 is 1. The lowest BCUT2D eigenvalue weighted by atomic mass is 10.0. The number of nitrogens with two attached hydrogens (primary N) is 1. The van der Waals surface area contributed by atoms with E-state index in [0.717, 1.165) is 28.1 Å². The van der Waals surface area contributed by atoms with E-state index in [1.807, 2.05) is 32.3 Å². The Kier molecular flexibility index (Phi) is 3.73. The highest BCUT2D eigenvalue weighted by Gasteiger charge is 2.11. The van der Waals surface area contributed by atoms with Gasteiger partial charge in [0.1, 0.15) is 5.75 Å². The minimum absolute atomic E-state index is 0.438. The van der Waals surface area contributed by atoms with Crippen molar-refractivity contribution in [2.75, 3.05) is 12.4 Å². The molecular formula is C11H17N3O2. The van der Waals surface area contributed by atoms with Crippen LogP contribution in [0.2, 0.25) is 0 Å². The molecule has 0 saturated heterocycles. The van der Waals surface area contributed by atoms with E-state index in [1.54, 1.807) is 7.11 Å². The topological polar surface area (TPSA) is 76.4 Å². The molecule has 0 saturated carbocycles. The summed E-state index contributed by atoms with van der Waals surface area (Å²) in [6.07, 6.45) is 0. The minimum atomic E-state index is -0.438. The molecule has 0 radical (unpaired) electrons. The summed E-state index contributed by atoms with van der Waals surface area (Å²) in [7, 11) is 1.63. The molecule has 0 fully saturated rings. The monoisotopic (exact) mass is 223 g/mol. The molecule has 5 nitrogen and oxygen atoms in total. The van der Waals surface area contributed by atoms with Gasteiger partial charge in [-0.3, -0.25) is 5.43 Å². The van der Waals surface area contributed by atoms with Gasteiger partial charge in [0.2, 0.25) is 0 Å². The molecular weight excluding hydrogens is 206 g/mol. The quantitative estimate of drug-likeness (QED) is 0.405. The van der Waals surface area contributed by atoms with Gasteiger partial charge in [0, 0.05) is 5.69 Å². The van der Waals surface area contributed by atoms with Gasteiger partial charge >= 0.3 is 6.03 Å². The molecule has 0 atom stereocenters. The predicted octanol–water partition coefficient (Wildman–Crippen LogP) is 1.62. The molecule has 1 aromatic carbocycles. The first-order valence-corrected chi connectivity index (χ1v) is 4.93. The van der Waals surface area contributed by atoms with Crippen molar-refractivity contribution >= 4 is 11.7 Å². The van der Waals surface area contributed by atoms with Gasteiger partial charge < -0.3 is 10.1 Å². The van der Waals surface area contributed by atoms with E-state index in [4.69, 9.17) is 10.6 Å². The first-order valence-electron chi connectivity index (χ1n) is 4.93. The number of anilines is 1. The van der Waals surface area contributed by atoms with Gasteiger partial charge in [-0.05, 0) is 43.5 Å². The second-order valence-corrected chi connectivity index (χ2v) is 3.62. The first kappa shape index (κ1) is 12.3. The van der Waals surface area contributed by atoms with E-state index in [1.165, 1.54) is 0 Å². The number of benzene rings is 1. The van der Waals surface area contributed by atoms with Crippen LogP contribution in [0.15, 0.2) is 6.07 Å². The molecule has 0 aromatic heterocycles. The van der Waals surface area contributed by atoms with Crippen molar-refractivity contribution in [3.8, 4) is 5.75 Å². The standard InChI is InChI=1S/C11H17N3O2/c1-6-5-9(13-11(15)14-12)7(2)8(3)10(6)16-4/h5H,12H2,1-4H3,(H2,13,14,15). The number of carbonyl (C=O) groups excluding carboxylic acids is 1. The van der Waals surface area contributed by atoms with Crippen LogP contribution in [0.4, 0.5) is 10.5 Å². The smallest absolute Gasteiger partial charge is 0.333 e. The molecule has 0 heterocycles. The Labute approximate surface area is 94.9 Å². The van der Waals surface area contributed by atoms with Crippen molar-refractivity contribution in [2.24, 2.45) is 5.84 Å². The van der Waals surface area contributed by atoms with E-state index in [9.17, 15) is 4.79 Å². The van der Waals surface area contributed by atoms with Crippen LogP contribution in [0.25, 0.3) is 0 Å². The molecule has 88 valence electrons. The predicted molar refractivity (Wildman–Crippen MR) is 63.5 cm³/mol. The lowest BCUT2D eigenvalue weighted by Crippen LogP contribution is -2.34. The first-order chi connectivity index (χ1) is 7.51. The number of urea groups is 1. The van der Waals surface area contributed by atoms with E-state index in [0.29, 0.717) is 0 Å². The summed E-state index contributed by atoms with van der Waals surface area (Å²) in [6, 6.07) is 1.42. The molecule has 0 unspecified atom stereocenters. The fourth-order valence-electron chi connectivity index (χ4n) is 1.66. The number of ether oxygens (including phenoxy) is 1. The van der Waals surface area contributed by atoms with Gasteiger partial charge in [0.25, 0.3) is 0 Å². The van der Waals surface area contributed by atoms with Crippen LogP contribution < -0.4 is 21.3 Å². The highest BCUT2D eigenvalue weighted by molar-refractivity contribution is 5.90. The Hall–Kier alpha value is -1.75. The van der Waals surface area contributed by atoms with Gasteiger partial charge in [-0.2, -0.15) is 0 Å². The molecule has 0 aliphatic rings. The molecule has 0 spiro atoms. The number of hydrogen-bond donors (Lipinski definition) is 3. The van der Waals surface area contributed by atoms with Gasteiger partial charge in [0.15, 0.2) is 0 Å². The Morgan fingerprint density at radius 1 is 1.31 bits per heavy atom. The van der Waals surface area contributed by atoms with E-state index in [-0.39, 0.29) is 0 Å². The van der Waals surface area contributed by atoms with Crippen molar-refractivity contribution in [3.05, 3.63) is 22.8 Å². The van der Waals surface area contributed by atoms with Crippen molar-refractivity contribution in [2.45, 2.75) is 20.8 Å². The van der Waals surface area contributed by atoms with Gasteiger partial charge in [0.05, 0.1) is 7.11 Å². The molecule has 2 amide bonds. The summed E-state index contributed by atoms with van der Waals surface area (Å²) in [5, 5.41) is 2.66. The maximum Gasteiger partial charge on any atom is 0.333 e. The third-order valence-electron chi connectivity index (χ3n) is 2.61. The number of hydrazine groups is 1. The second-order valence-electron chi connectivity index (χ2n) is 3.62. The molecule has 1 rings (SSSR count). The Bertz CT molecular complexity index is 416. The number of rotatable bonds is 2. The van der Waals surface area contributed by atoms with Crippen LogP contribution in [0, 0.1) is 20.8 Å². The third kappa shape index (κ3) is 2.25. The van der Waals surface area contributed by atoms with E-state index < -0.39 is 6.03 Å². The number of amides is 2. The molecule has 4 N–H and O–H groups in total. The largest absolute Gasteiger partial charge is 0.496 e. The molecule has 0 aliphatic carbocycles. The Balaban J connectivity index is 3.18. The maximum absolute atomic E-state index is 11.1. The van der Waals surface area contributed by atoms with Crippen LogP contribution in [0.1, 0.15) is 16.7 Å². The highest BCUT2D eigenvalue weighted by Crippen LogP contribution is 2.31. The van der Waals surface area contributed by atoms with Crippen LogP contribution in [0.3, 0.4) is 0 Å². The lowest BCUT2D eigenvalue weighted by Gasteiger charge is -2.15. The zero-order valence-corrected chi connectivity index (χ0v) is 9.97. The maximum atomic E-state index is 11.1. The zero-order valence-electron chi connectivity index (χ0n) is 9.97. The van der Waals surface area contributed by atoms with Crippen LogP contribution in [-0.2, 0) is 0 Å². The summed E-state index contributed by atoms with van der Waals surface area (Å²) in [5.41, 5.74) is 5.71. The average molecular weight is 223 g/mol. The van der Waals surface area contributed by atoms with E-state index in [2.05, 4.69) is 5.32 Å². The Morgan fingerprint density at radius 2 is 1.94 bits per heavy atom. The number of carbonyl (C=O) groups is 1. The van der Waals surface area contributed by atoms with Crippen LogP contribution in [0.5, 0.6) is 5.75 Å². The van der Waals surface area contributed by atoms with Gasteiger partial charge in [-0.15, -0.1) is 0 Å². The third-order valence-corrected chi connectivity index (χ3v) is 2.61. The van der Waals surface area contributed by atoms with Gasteiger partial charge in [-0.1, -0.05) is 0 Å². The lowest BCUT2D eigenvalue weighted by molar-refractivity contribution is 0.252. The summed E-state index contributed by atoms with van der Waals surface area (Å²) in [5.74, 6) is 5.86. The summed E-state index contributed by atoms with van der Waals surface area (Å²) < 4.78 is 5.29. The van der Waals surface area contributed by atoms with Crippen molar-refractivity contribution in [1.82, 2.24) is 5.43 Å². The van der Waals surface area contributed by atoms with Crippen LogP contribution >= 0.6 is 0 Å². The van der Waals surface area contributed by atoms with Crippen molar-refractivity contribution in [3.63, 3.8) is 0 Å². The molecule has 0 bridgehead atoms. The Morgan fingerprint density at radius 3 is 2.44 bits per heavy atom. The summed E-state index contributed by atoms with van der Waals surface area (Å²) >= 11 is 0. The van der Waals surface area contributed by atoms with Crippen LogP contribution in [-0.4, -0.2) is 13.1 Å². The average Bonchev–Trinajstić information content (AvgIpc) is 2.26. The number of hydrogen-bond acceptors (Lipinski definition) is 3. The van der Waals surface area contributed by atoms with Gasteiger partial charge in [-0.25, -0.2) is 10.6 Å². The van der Waals surface area contributed by atoms with E-state index >= 15 is 0 Å². The normalized spacial score (nSPS) is 9.81. The molecule has 1 aromatic rings. The number of aryl methyl sites for hydroxylation is 1. The number of nitrogens with one attached hydrogen (secondary N) is 2. The van der Waals surface area contributed by atoms with Crippen molar-refractivity contribution in [1.29, 1.82) is 0 Å². The fourth-order valence-corrected chi connectivity index (χ4v) is 1.66. The minimum Gasteiger partial charge on any atom is -0.496 e. The highest BCUT2D eigenvalue weighted by atomic mass is 16.5. The molecule has 16 heavy (non-hydrogen) atoms.